The minimum absolute atomic E-state index is 0.964. The number of benzene rings is 1. The van der Waals surface area contributed by atoms with Crippen molar-refractivity contribution in [1.29, 1.82) is 0 Å². The van der Waals surface area contributed by atoms with Crippen molar-refractivity contribution >= 4 is 10.9 Å². The Bertz CT molecular complexity index is 597. The molecule has 1 aliphatic heterocycles. The van der Waals surface area contributed by atoms with E-state index in [0.717, 1.165) is 38.5 Å². The number of likely N-dealkylation sites (N-methyl/N-ethyl adjacent to an activating group) is 1. The fourth-order valence-electron chi connectivity index (χ4n) is 3.01. The summed E-state index contributed by atoms with van der Waals surface area (Å²) in [5, 5.41) is 1.29. The summed E-state index contributed by atoms with van der Waals surface area (Å²) in [6.45, 7) is 7.63. The molecule has 0 atom stereocenters. The van der Waals surface area contributed by atoms with Crippen LogP contribution in [0.3, 0.4) is 0 Å². The second-order valence-electron chi connectivity index (χ2n) is 5.72. The summed E-state index contributed by atoms with van der Waals surface area (Å²) >= 11 is 0. The van der Waals surface area contributed by atoms with Crippen LogP contribution in [0.25, 0.3) is 10.9 Å². The Hall–Kier alpha value is -1.52. The summed E-state index contributed by atoms with van der Waals surface area (Å²) in [5.74, 6) is 1.01. The number of H-pyrrole nitrogens is 1. The number of piperazine rings is 1. The standard InChI is InChI=1S/C16H23N3O/c1-12-10-15(20-3)14(13-4-5-17-16(12)13)11-19-8-6-18(2)7-9-19/h4-5,10,17H,6-9,11H2,1-3H3. The molecule has 108 valence electrons. The molecule has 0 aliphatic carbocycles. The zero-order valence-electron chi connectivity index (χ0n) is 12.6. The summed E-state index contributed by atoms with van der Waals surface area (Å²) in [6, 6.07) is 4.31. The number of ether oxygens (including phenoxy) is 1. The van der Waals surface area contributed by atoms with E-state index in [-0.39, 0.29) is 0 Å². The van der Waals surface area contributed by atoms with E-state index in [1.54, 1.807) is 7.11 Å². The molecule has 3 rings (SSSR count). The van der Waals surface area contributed by atoms with Gasteiger partial charge in [0.25, 0.3) is 0 Å². The Morgan fingerprint density at radius 2 is 2.00 bits per heavy atom. The smallest absolute Gasteiger partial charge is 0.124 e. The third-order valence-corrected chi connectivity index (χ3v) is 4.31. The van der Waals surface area contributed by atoms with Crippen LogP contribution in [0, 0.1) is 6.92 Å². The number of nitrogens with one attached hydrogen (secondary N) is 1. The van der Waals surface area contributed by atoms with Crippen LogP contribution in [0.4, 0.5) is 0 Å². The van der Waals surface area contributed by atoms with Crippen molar-refractivity contribution in [3.05, 3.63) is 29.5 Å². The molecule has 1 aromatic heterocycles. The lowest BCUT2D eigenvalue weighted by Crippen LogP contribution is -2.43. The minimum atomic E-state index is 0.964. The minimum Gasteiger partial charge on any atom is -0.496 e. The summed E-state index contributed by atoms with van der Waals surface area (Å²) in [6.07, 6.45) is 2.02. The number of aryl methyl sites for hydroxylation is 1. The average Bonchev–Trinajstić information content (AvgIpc) is 2.94. The van der Waals surface area contributed by atoms with Gasteiger partial charge in [-0.3, -0.25) is 4.90 Å². The Morgan fingerprint density at radius 1 is 1.25 bits per heavy atom. The molecular formula is C16H23N3O. The number of methoxy groups -OCH3 is 1. The highest BCUT2D eigenvalue weighted by atomic mass is 16.5. The van der Waals surface area contributed by atoms with E-state index in [1.165, 1.54) is 22.0 Å². The molecule has 0 spiro atoms. The lowest BCUT2D eigenvalue weighted by atomic mass is 10.0. The number of hydrogen-bond donors (Lipinski definition) is 1. The quantitative estimate of drug-likeness (QED) is 0.930. The van der Waals surface area contributed by atoms with E-state index in [1.807, 2.05) is 6.20 Å². The van der Waals surface area contributed by atoms with Crippen LogP contribution in [0.15, 0.2) is 18.3 Å². The normalized spacial score (nSPS) is 17.8. The molecule has 4 heteroatoms. The fourth-order valence-corrected chi connectivity index (χ4v) is 3.01. The van der Waals surface area contributed by atoms with Crippen molar-refractivity contribution in [2.75, 3.05) is 40.3 Å². The van der Waals surface area contributed by atoms with Gasteiger partial charge in [0, 0.05) is 55.4 Å². The lowest BCUT2D eigenvalue weighted by molar-refractivity contribution is 0.147. The van der Waals surface area contributed by atoms with Crippen LogP contribution >= 0.6 is 0 Å². The first-order chi connectivity index (χ1) is 9.69. The predicted molar refractivity (Wildman–Crippen MR) is 82.4 cm³/mol. The van der Waals surface area contributed by atoms with Crippen LogP contribution in [0.2, 0.25) is 0 Å². The van der Waals surface area contributed by atoms with Gasteiger partial charge in [-0.15, -0.1) is 0 Å². The van der Waals surface area contributed by atoms with Crippen molar-refractivity contribution in [2.45, 2.75) is 13.5 Å². The van der Waals surface area contributed by atoms with Crippen LogP contribution in [-0.2, 0) is 6.54 Å². The van der Waals surface area contributed by atoms with Gasteiger partial charge in [-0.25, -0.2) is 0 Å². The van der Waals surface area contributed by atoms with Gasteiger partial charge in [0.05, 0.1) is 7.11 Å². The molecule has 0 radical (unpaired) electrons. The maximum atomic E-state index is 5.62. The van der Waals surface area contributed by atoms with Crippen LogP contribution < -0.4 is 4.74 Å². The van der Waals surface area contributed by atoms with E-state index in [9.17, 15) is 0 Å². The Balaban J connectivity index is 1.93. The van der Waals surface area contributed by atoms with Gasteiger partial charge in [0.15, 0.2) is 0 Å². The molecular weight excluding hydrogens is 250 g/mol. The van der Waals surface area contributed by atoms with Gasteiger partial charge in [-0.05, 0) is 31.7 Å². The van der Waals surface area contributed by atoms with Crippen molar-refractivity contribution in [3.8, 4) is 5.75 Å². The highest BCUT2D eigenvalue weighted by Gasteiger charge is 2.18. The molecule has 2 heterocycles. The maximum absolute atomic E-state index is 5.62. The highest BCUT2D eigenvalue weighted by Crippen LogP contribution is 2.31. The molecule has 0 amide bonds. The zero-order valence-corrected chi connectivity index (χ0v) is 12.6. The Morgan fingerprint density at radius 3 is 2.70 bits per heavy atom. The van der Waals surface area contributed by atoms with Crippen LogP contribution in [0.5, 0.6) is 5.75 Å². The monoisotopic (exact) mass is 273 g/mol. The molecule has 1 N–H and O–H groups in total. The van der Waals surface area contributed by atoms with E-state index >= 15 is 0 Å². The predicted octanol–water partition coefficient (Wildman–Crippen LogP) is 2.23. The Kier molecular flexibility index (Phi) is 3.68. The summed E-state index contributed by atoms with van der Waals surface area (Å²) in [5.41, 5.74) is 3.78. The van der Waals surface area contributed by atoms with Gasteiger partial charge >= 0.3 is 0 Å². The van der Waals surface area contributed by atoms with E-state index in [0.29, 0.717) is 0 Å². The van der Waals surface area contributed by atoms with Crippen molar-refractivity contribution in [3.63, 3.8) is 0 Å². The molecule has 4 nitrogen and oxygen atoms in total. The molecule has 0 unspecified atom stereocenters. The van der Waals surface area contributed by atoms with Gasteiger partial charge in [0.1, 0.15) is 5.75 Å². The zero-order chi connectivity index (χ0) is 14.1. The molecule has 1 saturated heterocycles. The van der Waals surface area contributed by atoms with Gasteiger partial charge in [-0.1, -0.05) is 0 Å². The molecule has 0 bridgehead atoms. The van der Waals surface area contributed by atoms with E-state index < -0.39 is 0 Å². The molecule has 2 aromatic rings. The van der Waals surface area contributed by atoms with Gasteiger partial charge < -0.3 is 14.6 Å². The second kappa shape index (κ2) is 5.46. The number of aromatic amines is 1. The SMILES string of the molecule is COc1cc(C)c2[nH]ccc2c1CN1CCN(C)CC1. The highest BCUT2D eigenvalue weighted by molar-refractivity contribution is 5.88. The molecule has 0 saturated carbocycles. The molecule has 1 aromatic carbocycles. The third-order valence-electron chi connectivity index (χ3n) is 4.31. The van der Waals surface area contributed by atoms with Crippen molar-refractivity contribution < 1.29 is 4.74 Å². The van der Waals surface area contributed by atoms with Gasteiger partial charge in [-0.2, -0.15) is 0 Å². The molecule has 1 aliphatic rings. The Labute approximate surface area is 120 Å². The van der Waals surface area contributed by atoms with Crippen molar-refractivity contribution in [1.82, 2.24) is 14.8 Å². The van der Waals surface area contributed by atoms with E-state index in [4.69, 9.17) is 4.74 Å². The topological polar surface area (TPSA) is 31.5 Å². The molecule has 1 fully saturated rings. The first-order valence-electron chi connectivity index (χ1n) is 7.23. The average molecular weight is 273 g/mol. The number of aromatic nitrogens is 1. The largest absolute Gasteiger partial charge is 0.496 e. The van der Waals surface area contributed by atoms with E-state index in [2.05, 4.69) is 40.9 Å². The lowest BCUT2D eigenvalue weighted by Gasteiger charge is -2.32. The second-order valence-corrected chi connectivity index (χ2v) is 5.72. The maximum Gasteiger partial charge on any atom is 0.124 e. The number of hydrogen-bond acceptors (Lipinski definition) is 3. The van der Waals surface area contributed by atoms with Gasteiger partial charge in [0.2, 0.25) is 0 Å². The number of rotatable bonds is 3. The van der Waals surface area contributed by atoms with Crippen LogP contribution in [-0.4, -0.2) is 55.1 Å². The number of fused-ring (bicyclic) bond motifs is 1. The molecule has 20 heavy (non-hydrogen) atoms. The summed E-state index contributed by atoms with van der Waals surface area (Å²) < 4.78 is 5.62. The first-order valence-corrected chi connectivity index (χ1v) is 7.23. The van der Waals surface area contributed by atoms with Crippen molar-refractivity contribution in [2.24, 2.45) is 0 Å². The number of nitrogens with zero attached hydrogens (tertiary/aromatic N) is 2. The third kappa shape index (κ3) is 2.41. The van der Waals surface area contributed by atoms with Crippen LogP contribution in [0.1, 0.15) is 11.1 Å². The summed E-state index contributed by atoms with van der Waals surface area (Å²) in [7, 11) is 3.95. The summed E-state index contributed by atoms with van der Waals surface area (Å²) in [4.78, 5) is 8.24. The fraction of sp³-hybridized carbons (Fsp3) is 0.500. The first kappa shape index (κ1) is 13.5.